The summed E-state index contributed by atoms with van der Waals surface area (Å²) in [4.78, 5) is 29.6. The molecule has 1 aromatic carbocycles. The van der Waals surface area contributed by atoms with E-state index in [9.17, 15) is 9.59 Å². The molecule has 2 rings (SSSR count). The highest BCUT2D eigenvalue weighted by Gasteiger charge is 2.22. The molecule has 1 amide bonds. The van der Waals surface area contributed by atoms with Crippen LogP contribution in [0.4, 0.5) is 5.69 Å². The average Bonchev–Trinajstić information content (AvgIpc) is 2.48. The summed E-state index contributed by atoms with van der Waals surface area (Å²) in [6, 6.07) is 7.14. The van der Waals surface area contributed by atoms with Crippen LogP contribution in [0.5, 0.6) is 0 Å². The minimum atomic E-state index is -0.318. The normalized spacial score (nSPS) is 14.5. The highest BCUT2D eigenvalue weighted by molar-refractivity contribution is 6.08. The van der Waals surface area contributed by atoms with Crippen LogP contribution in [0.15, 0.2) is 29.3 Å². The smallest absolute Gasteiger partial charge is 0.311 e. The van der Waals surface area contributed by atoms with Crippen molar-refractivity contribution >= 4 is 23.3 Å². The third kappa shape index (κ3) is 2.99. The maximum absolute atomic E-state index is 12.1. The summed E-state index contributed by atoms with van der Waals surface area (Å²) >= 11 is 0. The molecule has 0 saturated heterocycles. The molecule has 0 unspecified atom stereocenters. The highest BCUT2D eigenvalue weighted by atomic mass is 16.5. The van der Waals surface area contributed by atoms with E-state index in [0.29, 0.717) is 30.1 Å². The Morgan fingerprint density at radius 2 is 2.16 bits per heavy atom. The van der Waals surface area contributed by atoms with Crippen LogP contribution in [0.1, 0.15) is 23.7 Å². The van der Waals surface area contributed by atoms with Gasteiger partial charge < -0.3 is 9.64 Å². The van der Waals surface area contributed by atoms with Gasteiger partial charge in [0.2, 0.25) is 0 Å². The first kappa shape index (κ1) is 13.3. The Labute approximate surface area is 111 Å². The summed E-state index contributed by atoms with van der Waals surface area (Å²) in [6.07, 6.45) is 0.111. The van der Waals surface area contributed by atoms with Crippen molar-refractivity contribution in [1.29, 1.82) is 0 Å². The van der Waals surface area contributed by atoms with Gasteiger partial charge in [0.15, 0.2) is 0 Å². The molecule has 0 spiro atoms. The highest BCUT2D eigenvalue weighted by Crippen LogP contribution is 2.23. The molecule has 100 valence electrons. The second-order valence-electron chi connectivity index (χ2n) is 4.34. The lowest BCUT2D eigenvalue weighted by Crippen LogP contribution is -2.31. The van der Waals surface area contributed by atoms with Gasteiger partial charge in [0.05, 0.1) is 30.8 Å². The first-order valence-electron chi connectivity index (χ1n) is 6.18. The van der Waals surface area contributed by atoms with Crippen molar-refractivity contribution in [3.63, 3.8) is 0 Å². The van der Waals surface area contributed by atoms with Crippen LogP contribution < -0.4 is 0 Å². The maximum atomic E-state index is 12.1. The Morgan fingerprint density at radius 1 is 1.42 bits per heavy atom. The van der Waals surface area contributed by atoms with E-state index >= 15 is 0 Å². The zero-order chi connectivity index (χ0) is 13.8. The molecule has 19 heavy (non-hydrogen) atoms. The van der Waals surface area contributed by atoms with Crippen molar-refractivity contribution < 1.29 is 14.3 Å². The Balaban J connectivity index is 2.29. The van der Waals surface area contributed by atoms with Crippen LogP contribution in [-0.2, 0) is 9.53 Å². The summed E-state index contributed by atoms with van der Waals surface area (Å²) in [7, 11) is 1.70. The first-order chi connectivity index (χ1) is 9.11. The largest absolute Gasteiger partial charge is 0.466 e. The molecular weight excluding hydrogens is 244 g/mol. The van der Waals surface area contributed by atoms with Crippen LogP contribution in [0.25, 0.3) is 0 Å². The number of carbonyl (C=O) groups is 2. The van der Waals surface area contributed by atoms with E-state index in [2.05, 4.69) is 4.99 Å². The number of benzene rings is 1. The third-order valence-corrected chi connectivity index (χ3v) is 2.83. The van der Waals surface area contributed by atoms with Gasteiger partial charge in [0.1, 0.15) is 0 Å². The number of esters is 1. The Bertz CT molecular complexity index is 537. The Kier molecular flexibility index (Phi) is 3.94. The topological polar surface area (TPSA) is 59.0 Å². The van der Waals surface area contributed by atoms with Gasteiger partial charge in [-0.15, -0.1) is 0 Å². The molecule has 0 atom stereocenters. The number of hydrogen-bond donors (Lipinski definition) is 0. The SMILES string of the molecule is CCOC(=O)CC1=Nc2ccccc2C(=O)N(C)C1. The summed E-state index contributed by atoms with van der Waals surface area (Å²) in [6.45, 7) is 2.45. The van der Waals surface area contributed by atoms with Gasteiger partial charge in [-0.2, -0.15) is 0 Å². The Hall–Kier alpha value is -2.17. The second kappa shape index (κ2) is 5.65. The van der Waals surface area contributed by atoms with Gasteiger partial charge >= 0.3 is 5.97 Å². The molecule has 5 heteroatoms. The number of ether oxygens (including phenoxy) is 1. The molecule has 0 N–H and O–H groups in total. The molecule has 0 aromatic heterocycles. The fourth-order valence-corrected chi connectivity index (χ4v) is 1.98. The van der Waals surface area contributed by atoms with Gasteiger partial charge in [0.25, 0.3) is 5.91 Å². The quantitative estimate of drug-likeness (QED) is 0.779. The molecule has 0 fully saturated rings. The van der Waals surface area contributed by atoms with Crippen molar-refractivity contribution in [3.05, 3.63) is 29.8 Å². The lowest BCUT2D eigenvalue weighted by atomic mass is 10.1. The fraction of sp³-hybridized carbons (Fsp3) is 0.357. The number of nitrogens with zero attached hydrogens (tertiary/aromatic N) is 2. The first-order valence-corrected chi connectivity index (χ1v) is 6.18. The number of amides is 1. The van der Waals surface area contributed by atoms with Gasteiger partial charge in [-0.05, 0) is 19.1 Å². The summed E-state index contributed by atoms with van der Waals surface area (Å²) in [5, 5.41) is 0. The number of carbonyl (C=O) groups excluding carboxylic acids is 2. The number of fused-ring (bicyclic) bond motifs is 1. The number of rotatable bonds is 3. The van der Waals surface area contributed by atoms with E-state index in [1.807, 2.05) is 6.07 Å². The van der Waals surface area contributed by atoms with Crippen LogP contribution in [0.2, 0.25) is 0 Å². The van der Waals surface area contributed by atoms with Gasteiger partial charge in [0, 0.05) is 12.8 Å². The number of hydrogen-bond acceptors (Lipinski definition) is 4. The zero-order valence-corrected chi connectivity index (χ0v) is 11.0. The molecule has 0 bridgehead atoms. The molecule has 0 aliphatic carbocycles. The van der Waals surface area contributed by atoms with Gasteiger partial charge in [-0.25, -0.2) is 0 Å². The van der Waals surface area contributed by atoms with Crippen LogP contribution in [0, 0.1) is 0 Å². The van der Waals surface area contributed by atoms with E-state index in [0.717, 1.165) is 0 Å². The van der Waals surface area contributed by atoms with Crippen molar-refractivity contribution in [1.82, 2.24) is 4.90 Å². The van der Waals surface area contributed by atoms with Gasteiger partial charge in [-0.3, -0.25) is 14.6 Å². The lowest BCUT2D eigenvalue weighted by Gasteiger charge is -2.15. The predicted molar refractivity (Wildman–Crippen MR) is 71.7 cm³/mol. The van der Waals surface area contributed by atoms with E-state index in [4.69, 9.17) is 4.74 Å². The molecule has 1 aliphatic heterocycles. The third-order valence-electron chi connectivity index (χ3n) is 2.83. The zero-order valence-electron chi connectivity index (χ0n) is 11.0. The van der Waals surface area contributed by atoms with E-state index in [-0.39, 0.29) is 18.3 Å². The molecule has 1 heterocycles. The van der Waals surface area contributed by atoms with Crippen molar-refractivity contribution in [2.45, 2.75) is 13.3 Å². The van der Waals surface area contributed by atoms with E-state index in [1.54, 1.807) is 37.1 Å². The Morgan fingerprint density at radius 3 is 2.89 bits per heavy atom. The van der Waals surface area contributed by atoms with Crippen LogP contribution in [0.3, 0.4) is 0 Å². The number of para-hydroxylation sites is 1. The molecule has 0 radical (unpaired) electrons. The minimum absolute atomic E-state index is 0.0850. The average molecular weight is 260 g/mol. The van der Waals surface area contributed by atoms with Crippen molar-refractivity contribution in [2.75, 3.05) is 20.2 Å². The summed E-state index contributed by atoms with van der Waals surface area (Å²) in [5.74, 6) is -0.403. The van der Waals surface area contributed by atoms with E-state index in [1.165, 1.54) is 0 Å². The standard InChI is InChI=1S/C14H16N2O3/c1-3-19-13(17)8-10-9-16(2)14(18)11-6-4-5-7-12(11)15-10/h4-7H,3,8-9H2,1-2H3. The monoisotopic (exact) mass is 260 g/mol. The molecular formula is C14H16N2O3. The van der Waals surface area contributed by atoms with Crippen LogP contribution >= 0.6 is 0 Å². The second-order valence-corrected chi connectivity index (χ2v) is 4.34. The molecule has 0 saturated carbocycles. The van der Waals surface area contributed by atoms with Gasteiger partial charge in [-0.1, -0.05) is 12.1 Å². The van der Waals surface area contributed by atoms with Crippen molar-refractivity contribution in [2.24, 2.45) is 4.99 Å². The fourth-order valence-electron chi connectivity index (χ4n) is 1.98. The molecule has 5 nitrogen and oxygen atoms in total. The molecule has 1 aromatic rings. The lowest BCUT2D eigenvalue weighted by molar-refractivity contribution is -0.141. The van der Waals surface area contributed by atoms with Crippen LogP contribution in [-0.4, -0.2) is 42.7 Å². The summed E-state index contributed by atoms with van der Waals surface area (Å²) < 4.78 is 4.91. The van der Waals surface area contributed by atoms with Crippen molar-refractivity contribution in [3.8, 4) is 0 Å². The van der Waals surface area contributed by atoms with E-state index < -0.39 is 0 Å². The predicted octanol–water partition coefficient (Wildman–Crippen LogP) is 1.80. The summed E-state index contributed by atoms with van der Waals surface area (Å²) in [5.41, 5.74) is 1.80. The maximum Gasteiger partial charge on any atom is 0.311 e. The molecule has 1 aliphatic rings. The minimum Gasteiger partial charge on any atom is -0.466 e. The number of aliphatic imine (C=N–C) groups is 1.